The van der Waals surface area contributed by atoms with E-state index in [1.54, 1.807) is 0 Å². The minimum absolute atomic E-state index is 0.00974. The van der Waals surface area contributed by atoms with Crippen LogP contribution < -0.4 is 4.74 Å². The second-order valence-electron chi connectivity index (χ2n) is 3.39. The van der Waals surface area contributed by atoms with E-state index in [0.29, 0.717) is 11.8 Å². The molecule has 0 fully saturated rings. The van der Waals surface area contributed by atoms with Crippen LogP contribution in [0.5, 0.6) is 11.8 Å². The van der Waals surface area contributed by atoms with E-state index in [2.05, 4.69) is 9.97 Å². The zero-order valence-electron chi connectivity index (χ0n) is 9.32. The van der Waals surface area contributed by atoms with Gasteiger partial charge in [-0.15, -0.1) is 0 Å². The number of halogens is 1. The zero-order chi connectivity index (χ0) is 13.8. The number of carbonyl (C=O) groups is 1. The van der Waals surface area contributed by atoms with E-state index in [1.807, 2.05) is 0 Å². The van der Waals surface area contributed by atoms with Crippen LogP contribution in [0.2, 0.25) is 5.02 Å². The molecule has 0 unspecified atom stereocenters. The van der Waals surface area contributed by atoms with Gasteiger partial charge in [0.25, 0.3) is 5.69 Å². The predicted octanol–water partition coefficient (Wildman–Crippen LogP) is 2.64. The summed E-state index contributed by atoms with van der Waals surface area (Å²) in [6.45, 7) is 0. The summed E-state index contributed by atoms with van der Waals surface area (Å²) >= 11 is 5.73. The topological polar surface area (TPSA) is 95.2 Å². The first kappa shape index (κ1) is 12.9. The number of nitro groups is 1. The average Bonchev–Trinajstić information content (AvgIpc) is 2.39. The average molecular weight is 280 g/mol. The van der Waals surface area contributed by atoms with Crippen molar-refractivity contribution in [3.63, 3.8) is 0 Å². The third-order valence-corrected chi connectivity index (χ3v) is 2.41. The molecule has 0 aliphatic carbocycles. The molecule has 96 valence electrons. The number of hydrogen-bond donors (Lipinski definition) is 0. The smallest absolute Gasteiger partial charge is 0.321 e. The Bertz CT molecular complexity index is 630. The molecular weight excluding hydrogens is 274 g/mol. The number of carbonyl (C=O) groups excluding carboxylic acids is 1. The van der Waals surface area contributed by atoms with Crippen molar-refractivity contribution >= 4 is 23.6 Å². The highest BCUT2D eigenvalue weighted by molar-refractivity contribution is 6.32. The van der Waals surface area contributed by atoms with Crippen molar-refractivity contribution in [1.82, 2.24) is 9.97 Å². The maximum Gasteiger partial charge on any atom is 0.321 e. The van der Waals surface area contributed by atoms with Crippen LogP contribution in [-0.4, -0.2) is 21.2 Å². The molecule has 0 bridgehead atoms. The molecule has 2 rings (SSSR count). The van der Waals surface area contributed by atoms with Crippen LogP contribution >= 0.6 is 11.6 Å². The lowest BCUT2D eigenvalue weighted by molar-refractivity contribution is -0.384. The van der Waals surface area contributed by atoms with E-state index >= 15 is 0 Å². The van der Waals surface area contributed by atoms with E-state index in [4.69, 9.17) is 16.3 Å². The monoisotopic (exact) mass is 279 g/mol. The Kier molecular flexibility index (Phi) is 3.67. The number of hydrogen-bond acceptors (Lipinski definition) is 6. The molecule has 0 saturated carbocycles. The summed E-state index contributed by atoms with van der Waals surface area (Å²) in [4.78, 5) is 28.0. The highest BCUT2D eigenvalue weighted by Crippen LogP contribution is 2.29. The molecular formula is C11H6ClN3O4. The molecule has 0 aliphatic heterocycles. The summed E-state index contributed by atoms with van der Waals surface area (Å²) in [5, 5.41) is 10.5. The van der Waals surface area contributed by atoms with Gasteiger partial charge in [0.15, 0.2) is 6.29 Å². The number of rotatable bonds is 4. The fourth-order valence-corrected chi connectivity index (χ4v) is 1.48. The number of benzene rings is 1. The highest BCUT2D eigenvalue weighted by Gasteiger charge is 2.13. The highest BCUT2D eigenvalue weighted by atomic mass is 35.5. The fourth-order valence-electron chi connectivity index (χ4n) is 1.24. The predicted molar refractivity (Wildman–Crippen MR) is 65.6 cm³/mol. The zero-order valence-corrected chi connectivity index (χ0v) is 10.1. The molecule has 8 heteroatoms. The lowest BCUT2D eigenvalue weighted by Crippen LogP contribution is -1.94. The Hall–Kier alpha value is -2.54. The SMILES string of the molecule is O=Cc1cnc(Oc2ccc([N+](=O)[O-])c(Cl)c2)nc1. The number of nitrogens with zero attached hydrogens (tertiary/aromatic N) is 3. The van der Waals surface area contributed by atoms with Gasteiger partial charge in [-0.25, -0.2) is 9.97 Å². The van der Waals surface area contributed by atoms with Crippen LogP contribution in [0.15, 0.2) is 30.6 Å². The molecule has 0 atom stereocenters. The lowest BCUT2D eigenvalue weighted by Gasteiger charge is -2.03. The summed E-state index contributed by atoms with van der Waals surface area (Å²) < 4.78 is 5.25. The molecule has 0 amide bonds. The van der Waals surface area contributed by atoms with Gasteiger partial charge in [-0.3, -0.25) is 14.9 Å². The van der Waals surface area contributed by atoms with Crippen LogP contribution in [0.1, 0.15) is 10.4 Å². The van der Waals surface area contributed by atoms with Crippen molar-refractivity contribution in [1.29, 1.82) is 0 Å². The second kappa shape index (κ2) is 5.40. The van der Waals surface area contributed by atoms with E-state index in [9.17, 15) is 14.9 Å². The van der Waals surface area contributed by atoms with Gasteiger partial charge in [0.2, 0.25) is 0 Å². The first-order valence-corrected chi connectivity index (χ1v) is 5.37. The molecule has 0 radical (unpaired) electrons. The van der Waals surface area contributed by atoms with Crippen molar-refractivity contribution in [2.24, 2.45) is 0 Å². The van der Waals surface area contributed by atoms with Gasteiger partial charge in [-0.2, -0.15) is 0 Å². The van der Waals surface area contributed by atoms with Gasteiger partial charge in [-0.1, -0.05) is 11.6 Å². The molecule has 0 spiro atoms. The molecule has 0 aliphatic rings. The van der Waals surface area contributed by atoms with Crippen LogP contribution in [-0.2, 0) is 0 Å². The molecule has 1 aromatic heterocycles. The molecule has 7 nitrogen and oxygen atoms in total. The summed E-state index contributed by atoms with van der Waals surface area (Å²) in [6.07, 6.45) is 3.19. The lowest BCUT2D eigenvalue weighted by atomic mass is 10.3. The number of ether oxygens (including phenoxy) is 1. The maximum absolute atomic E-state index is 10.6. The second-order valence-corrected chi connectivity index (χ2v) is 3.80. The summed E-state index contributed by atoms with van der Waals surface area (Å²) in [6, 6.07) is 3.89. The van der Waals surface area contributed by atoms with Crippen LogP contribution in [0, 0.1) is 10.1 Å². The Morgan fingerprint density at radius 2 is 2.00 bits per heavy atom. The van der Waals surface area contributed by atoms with Gasteiger partial charge in [0, 0.05) is 24.5 Å². The van der Waals surface area contributed by atoms with E-state index in [0.717, 1.165) is 0 Å². The first-order valence-electron chi connectivity index (χ1n) is 4.99. The summed E-state index contributed by atoms with van der Waals surface area (Å²) in [5.41, 5.74) is 0.0975. The largest absolute Gasteiger partial charge is 0.424 e. The third kappa shape index (κ3) is 3.02. The van der Waals surface area contributed by atoms with Crippen molar-refractivity contribution < 1.29 is 14.5 Å². The maximum atomic E-state index is 10.6. The van der Waals surface area contributed by atoms with Gasteiger partial charge >= 0.3 is 6.01 Å². The minimum atomic E-state index is -0.596. The van der Waals surface area contributed by atoms with E-state index in [-0.39, 0.29) is 22.5 Å². The van der Waals surface area contributed by atoms with Gasteiger partial charge < -0.3 is 4.74 Å². The molecule has 1 heterocycles. The number of aromatic nitrogens is 2. The Morgan fingerprint density at radius 1 is 1.32 bits per heavy atom. The van der Waals surface area contributed by atoms with E-state index < -0.39 is 4.92 Å². The van der Waals surface area contributed by atoms with Crippen LogP contribution in [0.3, 0.4) is 0 Å². The van der Waals surface area contributed by atoms with Gasteiger partial charge in [0.1, 0.15) is 10.8 Å². The van der Waals surface area contributed by atoms with Gasteiger partial charge in [-0.05, 0) is 6.07 Å². The first-order chi connectivity index (χ1) is 9.10. The Morgan fingerprint density at radius 3 is 2.53 bits per heavy atom. The van der Waals surface area contributed by atoms with E-state index in [1.165, 1.54) is 30.6 Å². The summed E-state index contributed by atoms with van der Waals surface area (Å²) in [7, 11) is 0. The fraction of sp³-hybridized carbons (Fsp3) is 0. The molecule has 1 aromatic carbocycles. The quantitative estimate of drug-likeness (QED) is 0.485. The number of nitro benzene ring substituents is 1. The molecule has 0 N–H and O–H groups in total. The minimum Gasteiger partial charge on any atom is -0.424 e. The normalized spacial score (nSPS) is 9.95. The standard InChI is InChI=1S/C11H6ClN3O4/c12-9-3-8(1-2-10(9)15(17)18)19-11-13-4-7(6-16)5-14-11/h1-6H. The van der Waals surface area contributed by atoms with Crippen LogP contribution in [0.4, 0.5) is 5.69 Å². The van der Waals surface area contributed by atoms with Crippen molar-refractivity contribution in [3.05, 3.63) is 51.3 Å². The molecule has 19 heavy (non-hydrogen) atoms. The van der Waals surface area contributed by atoms with Gasteiger partial charge in [0.05, 0.1) is 10.5 Å². The van der Waals surface area contributed by atoms with Crippen molar-refractivity contribution in [2.75, 3.05) is 0 Å². The van der Waals surface area contributed by atoms with Crippen molar-refractivity contribution in [3.8, 4) is 11.8 Å². The van der Waals surface area contributed by atoms with Crippen molar-refractivity contribution in [2.45, 2.75) is 0 Å². The Labute approximate surface area is 112 Å². The summed E-state index contributed by atoms with van der Waals surface area (Å²) in [5.74, 6) is 0.259. The number of aldehydes is 1. The Balaban J connectivity index is 2.21. The molecule has 0 saturated heterocycles. The van der Waals surface area contributed by atoms with Crippen LogP contribution in [0.25, 0.3) is 0 Å². The molecule has 2 aromatic rings. The third-order valence-electron chi connectivity index (χ3n) is 2.11.